The smallest absolute Gasteiger partial charge is 0.126 e. The number of methoxy groups -OCH3 is 1. The zero-order valence-corrected chi connectivity index (χ0v) is 10.7. The predicted molar refractivity (Wildman–Crippen MR) is 74.8 cm³/mol. The van der Waals surface area contributed by atoms with Crippen LogP contribution in [0.4, 0.5) is 0 Å². The molecule has 1 aliphatic carbocycles. The van der Waals surface area contributed by atoms with E-state index in [1.54, 1.807) is 7.11 Å². The fourth-order valence-corrected chi connectivity index (χ4v) is 2.64. The van der Waals surface area contributed by atoms with Crippen molar-refractivity contribution in [1.82, 2.24) is 0 Å². The monoisotopic (exact) mass is 241 g/mol. The summed E-state index contributed by atoms with van der Waals surface area (Å²) >= 11 is 0. The van der Waals surface area contributed by atoms with Crippen LogP contribution in [0.2, 0.25) is 0 Å². The fourth-order valence-electron chi connectivity index (χ4n) is 2.64. The molecule has 3 rings (SSSR count). The first-order valence-electron chi connectivity index (χ1n) is 6.61. The lowest BCUT2D eigenvalue weighted by atomic mass is 9.95. The molecular weight excluding hydrogens is 222 g/mol. The molecule has 0 aromatic heterocycles. The van der Waals surface area contributed by atoms with Crippen LogP contribution in [0.5, 0.6) is 5.75 Å². The first-order chi connectivity index (χ1) is 8.79. The van der Waals surface area contributed by atoms with Gasteiger partial charge in [-0.3, -0.25) is 0 Å². The quantitative estimate of drug-likeness (QED) is 0.886. The van der Waals surface area contributed by atoms with Gasteiger partial charge in [0.05, 0.1) is 7.11 Å². The van der Waals surface area contributed by atoms with Crippen LogP contribution in [-0.2, 0) is 0 Å². The summed E-state index contributed by atoms with van der Waals surface area (Å²) in [4.78, 5) is 0. The summed E-state index contributed by atoms with van der Waals surface area (Å²) in [6.07, 6.45) is 3.81. The zero-order valence-electron chi connectivity index (χ0n) is 10.7. The van der Waals surface area contributed by atoms with Crippen LogP contribution >= 0.6 is 0 Å². The summed E-state index contributed by atoms with van der Waals surface area (Å²) in [5.41, 5.74) is 7.60. The lowest BCUT2D eigenvalue weighted by Gasteiger charge is -2.16. The molecule has 0 amide bonds. The van der Waals surface area contributed by atoms with Crippen LogP contribution in [-0.4, -0.2) is 7.11 Å². The highest BCUT2D eigenvalue weighted by Gasteiger charge is 2.25. The summed E-state index contributed by atoms with van der Waals surface area (Å²) in [6.45, 7) is 0. The van der Waals surface area contributed by atoms with E-state index in [9.17, 15) is 0 Å². The lowest BCUT2D eigenvalue weighted by molar-refractivity contribution is 0.419. The Kier molecular flexibility index (Phi) is 2.96. The van der Waals surface area contributed by atoms with Crippen LogP contribution in [0.3, 0.4) is 0 Å². The van der Waals surface area contributed by atoms with E-state index in [4.69, 9.17) is 10.5 Å². The van der Waals surface area contributed by atoms with Crippen LogP contribution in [0.25, 0.3) is 10.8 Å². The highest BCUT2D eigenvalue weighted by molar-refractivity contribution is 5.91. The maximum absolute atomic E-state index is 6.35. The summed E-state index contributed by atoms with van der Waals surface area (Å²) in [7, 11) is 1.71. The van der Waals surface area contributed by atoms with Crippen molar-refractivity contribution in [3.63, 3.8) is 0 Å². The molecule has 94 valence electrons. The predicted octanol–water partition coefficient (Wildman–Crippen LogP) is 3.65. The summed E-state index contributed by atoms with van der Waals surface area (Å²) in [6, 6.07) is 12.6. The second-order valence-corrected chi connectivity index (χ2v) is 5.19. The molecule has 1 atom stereocenters. The van der Waals surface area contributed by atoms with Crippen LogP contribution in [0.1, 0.15) is 30.9 Å². The maximum atomic E-state index is 6.35. The molecule has 0 aliphatic heterocycles. The topological polar surface area (TPSA) is 35.2 Å². The summed E-state index contributed by atoms with van der Waals surface area (Å²) < 4.78 is 5.41. The third-order valence-corrected chi connectivity index (χ3v) is 3.82. The molecular formula is C16H19NO. The standard InChI is InChI=1S/C16H19NO/c1-18-16-9-8-13(15(17)10-11-6-7-11)12-4-2-3-5-14(12)16/h2-5,8-9,11,15H,6-7,10,17H2,1H3. The molecule has 2 heteroatoms. The molecule has 0 radical (unpaired) electrons. The van der Waals surface area contributed by atoms with Gasteiger partial charge in [0, 0.05) is 11.4 Å². The van der Waals surface area contributed by atoms with Crippen LogP contribution in [0.15, 0.2) is 36.4 Å². The SMILES string of the molecule is COc1ccc(C(N)CC2CC2)c2ccccc12. The van der Waals surface area contributed by atoms with Gasteiger partial charge < -0.3 is 10.5 Å². The van der Waals surface area contributed by atoms with Crippen molar-refractivity contribution >= 4 is 10.8 Å². The number of nitrogens with two attached hydrogens (primary N) is 1. The molecule has 1 saturated carbocycles. The average Bonchev–Trinajstić information content (AvgIpc) is 3.21. The molecule has 18 heavy (non-hydrogen) atoms. The number of fused-ring (bicyclic) bond motifs is 1. The molecule has 1 fully saturated rings. The van der Waals surface area contributed by atoms with Crippen molar-refractivity contribution in [1.29, 1.82) is 0 Å². The minimum atomic E-state index is 0.147. The van der Waals surface area contributed by atoms with Gasteiger partial charge >= 0.3 is 0 Å². The minimum Gasteiger partial charge on any atom is -0.496 e. The van der Waals surface area contributed by atoms with Gasteiger partial charge in [-0.05, 0) is 29.4 Å². The van der Waals surface area contributed by atoms with Crippen molar-refractivity contribution in [3.05, 3.63) is 42.0 Å². The fraction of sp³-hybridized carbons (Fsp3) is 0.375. The van der Waals surface area contributed by atoms with Crippen molar-refractivity contribution in [2.75, 3.05) is 7.11 Å². The number of hydrogen-bond donors (Lipinski definition) is 1. The van der Waals surface area contributed by atoms with Gasteiger partial charge in [0.2, 0.25) is 0 Å². The van der Waals surface area contributed by atoms with Gasteiger partial charge in [0.25, 0.3) is 0 Å². The van der Waals surface area contributed by atoms with Gasteiger partial charge in [-0.25, -0.2) is 0 Å². The normalized spacial score (nSPS) is 16.8. The van der Waals surface area contributed by atoms with Crippen molar-refractivity contribution in [2.24, 2.45) is 11.7 Å². The molecule has 0 heterocycles. The number of benzene rings is 2. The van der Waals surface area contributed by atoms with E-state index in [2.05, 4.69) is 24.3 Å². The van der Waals surface area contributed by atoms with Crippen LogP contribution in [0, 0.1) is 5.92 Å². The first-order valence-corrected chi connectivity index (χ1v) is 6.61. The molecule has 2 aromatic carbocycles. The summed E-state index contributed by atoms with van der Waals surface area (Å²) in [5, 5.41) is 2.38. The maximum Gasteiger partial charge on any atom is 0.126 e. The number of hydrogen-bond acceptors (Lipinski definition) is 2. The zero-order chi connectivity index (χ0) is 12.5. The van der Waals surface area contributed by atoms with Crippen molar-refractivity contribution < 1.29 is 4.74 Å². The Hall–Kier alpha value is -1.54. The second-order valence-electron chi connectivity index (χ2n) is 5.19. The minimum absolute atomic E-state index is 0.147. The lowest BCUT2D eigenvalue weighted by Crippen LogP contribution is -2.11. The third kappa shape index (κ3) is 2.08. The Morgan fingerprint density at radius 3 is 2.56 bits per heavy atom. The van der Waals surface area contributed by atoms with E-state index < -0.39 is 0 Å². The Bertz CT molecular complexity index is 560. The Labute approximate surface area is 108 Å². The van der Waals surface area contributed by atoms with Crippen molar-refractivity contribution in [2.45, 2.75) is 25.3 Å². The van der Waals surface area contributed by atoms with E-state index in [0.717, 1.165) is 23.5 Å². The van der Waals surface area contributed by atoms with Gasteiger partial charge in [0.1, 0.15) is 5.75 Å². The van der Waals surface area contributed by atoms with Gasteiger partial charge in [0.15, 0.2) is 0 Å². The molecule has 2 aromatic rings. The Morgan fingerprint density at radius 2 is 1.89 bits per heavy atom. The molecule has 2 nitrogen and oxygen atoms in total. The van der Waals surface area contributed by atoms with Crippen LogP contribution < -0.4 is 10.5 Å². The molecule has 1 unspecified atom stereocenters. The molecule has 0 spiro atoms. The number of rotatable bonds is 4. The molecule has 0 saturated heterocycles. The van der Waals surface area contributed by atoms with E-state index in [1.807, 2.05) is 12.1 Å². The van der Waals surface area contributed by atoms with E-state index in [-0.39, 0.29) is 6.04 Å². The second kappa shape index (κ2) is 4.62. The van der Waals surface area contributed by atoms with E-state index in [1.165, 1.54) is 23.8 Å². The van der Waals surface area contributed by atoms with E-state index >= 15 is 0 Å². The highest BCUT2D eigenvalue weighted by Crippen LogP contribution is 2.39. The third-order valence-electron chi connectivity index (χ3n) is 3.82. The average molecular weight is 241 g/mol. The van der Waals surface area contributed by atoms with Gasteiger partial charge in [-0.2, -0.15) is 0 Å². The Morgan fingerprint density at radius 1 is 1.17 bits per heavy atom. The first kappa shape index (κ1) is 11.5. The molecule has 1 aliphatic rings. The molecule has 0 bridgehead atoms. The van der Waals surface area contributed by atoms with E-state index in [0.29, 0.717) is 0 Å². The Balaban J connectivity index is 2.05. The van der Waals surface area contributed by atoms with Gasteiger partial charge in [-0.15, -0.1) is 0 Å². The van der Waals surface area contributed by atoms with Gasteiger partial charge in [-0.1, -0.05) is 43.2 Å². The highest BCUT2D eigenvalue weighted by atomic mass is 16.5. The molecule has 2 N–H and O–H groups in total. The summed E-state index contributed by atoms with van der Waals surface area (Å²) in [5.74, 6) is 1.77. The largest absolute Gasteiger partial charge is 0.496 e. The number of ether oxygens (including phenoxy) is 1. The van der Waals surface area contributed by atoms with Crippen molar-refractivity contribution in [3.8, 4) is 5.75 Å².